The molecule has 2 atom stereocenters. The summed E-state index contributed by atoms with van der Waals surface area (Å²) in [7, 11) is 0. The standard InChI is InChI=1S/C23H20N6O9S2.Na/c1-2-12-9-39-21-17(20(32)28(21)18(12)22(33)34)26-19(31)16(14-10-40-23(24)25-14)27-38-8-15(30)37-7-11-3-5-13(6-4-11)29(35)36;/h2-6,10,17,21H,1,7-9H2,(H2,24,25)(H,26,31)(H,33,34);/q;+1/p-1/t17?,21-;/m0./s1. The van der Waals surface area contributed by atoms with Gasteiger partial charge in [0.05, 0.1) is 16.6 Å². The number of nitro benzene ring substituents is 1. The third-order valence-electron chi connectivity index (χ3n) is 5.59. The van der Waals surface area contributed by atoms with Crippen molar-refractivity contribution in [3.63, 3.8) is 0 Å². The Labute approximate surface area is 261 Å². The molecular formula is C23H19N6NaO9S2. The second kappa shape index (κ2) is 13.7. The summed E-state index contributed by atoms with van der Waals surface area (Å²) >= 11 is 2.24. The largest absolute Gasteiger partial charge is 1.00 e. The van der Waals surface area contributed by atoms with Crippen LogP contribution in [0.2, 0.25) is 0 Å². The molecule has 0 aliphatic carbocycles. The molecule has 15 nitrogen and oxygen atoms in total. The van der Waals surface area contributed by atoms with Crippen molar-refractivity contribution in [3.8, 4) is 0 Å². The molecule has 4 rings (SSSR count). The van der Waals surface area contributed by atoms with Gasteiger partial charge in [-0.3, -0.25) is 24.6 Å². The number of rotatable bonds is 11. The van der Waals surface area contributed by atoms with Crippen LogP contribution < -0.4 is 45.7 Å². The van der Waals surface area contributed by atoms with Crippen molar-refractivity contribution in [3.05, 3.63) is 74.9 Å². The maximum Gasteiger partial charge on any atom is 1.00 e. The van der Waals surface area contributed by atoms with Crippen LogP contribution in [-0.2, 0) is 35.4 Å². The number of aromatic nitrogens is 1. The van der Waals surface area contributed by atoms with Crippen molar-refractivity contribution in [1.82, 2.24) is 15.2 Å². The van der Waals surface area contributed by atoms with Crippen LogP contribution in [0.3, 0.4) is 0 Å². The number of benzene rings is 1. The van der Waals surface area contributed by atoms with Crippen LogP contribution in [0.15, 0.2) is 58.7 Å². The number of esters is 1. The first-order chi connectivity index (χ1) is 19.1. The fourth-order valence-corrected chi connectivity index (χ4v) is 5.56. The molecule has 1 unspecified atom stereocenters. The Morgan fingerprint density at radius 2 is 2.02 bits per heavy atom. The minimum Gasteiger partial charge on any atom is -0.543 e. The number of ether oxygens (including phenoxy) is 1. The van der Waals surface area contributed by atoms with E-state index in [1.807, 2.05) is 0 Å². The number of fused-ring (bicyclic) bond motifs is 1. The number of nitrogens with zero attached hydrogens (tertiary/aromatic N) is 4. The summed E-state index contributed by atoms with van der Waals surface area (Å²) in [6, 6.07) is 4.31. The van der Waals surface area contributed by atoms with Crippen LogP contribution in [0.25, 0.3) is 0 Å². The van der Waals surface area contributed by atoms with Crippen molar-refractivity contribution >= 4 is 63.4 Å². The van der Waals surface area contributed by atoms with Gasteiger partial charge >= 0.3 is 35.5 Å². The summed E-state index contributed by atoms with van der Waals surface area (Å²) in [4.78, 5) is 69.7. The Kier molecular flexibility index (Phi) is 10.6. The number of carbonyl (C=O) groups is 4. The van der Waals surface area contributed by atoms with E-state index in [-0.39, 0.29) is 69.8 Å². The number of carbonyl (C=O) groups excluding carboxylic acids is 4. The molecule has 2 aromatic rings. The summed E-state index contributed by atoms with van der Waals surface area (Å²) < 4.78 is 5.04. The van der Waals surface area contributed by atoms with E-state index in [2.05, 4.69) is 22.0 Å². The number of hydrogen-bond donors (Lipinski definition) is 2. The fourth-order valence-electron chi connectivity index (χ4n) is 3.67. The summed E-state index contributed by atoms with van der Waals surface area (Å²) in [5.41, 5.74) is 5.71. The zero-order valence-electron chi connectivity index (χ0n) is 21.3. The molecule has 1 aromatic heterocycles. The van der Waals surface area contributed by atoms with Gasteiger partial charge in [0, 0.05) is 23.3 Å². The van der Waals surface area contributed by atoms with E-state index < -0.39 is 46.7 Å². The van der Waals surface area contributed by atoms with Gasteiger partial charge in [-0.1, -0.05) is 17.8 Å². The van der Waals surface area contributed by atoms with Crippen LogP contribution in [0.1, 0.15) is 11.3 Å². The number of oxime groups is 1. The second-order valence-electron chi connectivity index (χ2n) is 8.09. The number of nitrogens with one attached hydrogen (secondary N) is 1. The molecule has 0 spiro atoms. The Hall–Kier alpha value is -3.77. The maximum atomic E-state index is 13.1. The average Bonchev–Trinajstić information content (AvgIpc) is 3.37. The maximum absolute atomic E-state index is 13.1. The molecule has 3 N–H and O–H groups in total. The molecule has 2 aliphatic rings. The molecule has 208 valence electrons. The molecule has 2 amide bonds. The van der Waals surface area contributed by atoms with Gasteiger partial charge < -0.3 is 30.5 Å². The summed E-state index contributed by atoms with van der Waals surface area (Å²) in [5, 5.41) is 29.4. The van der Waals surface area contributed by atoms with Crippen molar-refractivity contribution in [1.29, 1.82) is 0 Å². The van der Waals surface area contributed by atoms with Gasteiger partial charge in [0.2, 0.25) is 6.61 Å². The van der Waals surface area contributed by atoms with Gasteiger partial charge in [-0.05, 0) is 23.3 Å². The first-order valence-corrected chi connectivity index (χ1v) is 13.2. The van der Waals surface area contributed by atoms with E-state index in [0.29, 0.717) is 11.1 Å². The minimum atomic E-state index is -1.53. The fraction of sp³-hybridized carbons (Fsp3) is 0.217. The average molecular weight is 611 g/mol. The number of amides is 2. The van der Waals surface area contributed by atoms with Gasteiger partial charge in [-0.2, -0.15) is 0 Å². The number of aliphatic carboxylic acids is 1. The molecule has 0 saturated carbocycles. The normalized spacial score (nSPS) is 17.9. The van der Waals surface area contributed by atoms with E-state index in [4.69, 9.17) is 15.3 Å². The van der Waals surface area contributed by atoms with Crippen LogP contribution in [0, 0.1) is 10.1 Å². The van der Waals surface area contributed by atoms with Crippen molar-refractivity contribution < 1.29 is 68.3 Å². The Morgan fingerprint density at radius 1 is 1.32 bits per heavy atom. The first-order valence-electron chi connectivity index (χ1n) is 11.2. The predicted octanol–water partition coefficient (Wildman–Crippen LogP) is -3.31. The summed E-state index contributed by atoms with van der Waals surface area (Å²) in [6.45, 7) is 2.68. The minimum absolute atomic E-state index is 0. The number of non-ortho nitro benzene ring substituents is 1. The Bertz CT molecular complexity index is 1460. The van der Waals surface area contributed by atoms with Crippen molar-refractivity contribution in [2.45, 2.75) is 18.0 Å². The molecule has 0 radical (unpaired) electrons. The van der Waals surface area contributed by atoms with Crippen LogP contribution in [0.4, 0.5) is 10.8 Å². The van der Waals surface area contributed by atoms with Crippen LogP contribution >= 0.6 is 23.1 Å². The predicted molar refractivity (Wildman–Crippen MR) is 139 cm³/mol. The summed E-state index contributed by atoms with van der Waals surface area (Å²) in [5.74, 6) is -3.69. The van der Waals surface area contributed by atoms with Gasteiger partial charge in [0.25, 0.3) is 17.5 Å². The van der Waals surface area contributed by atoms with E-state index in [1.165, 1.54) is 47.5 Å². The molecule has 3 heterocycles. The molecular weight excluding hydrogens is 591 g/mol. The molecule has 41 heavy (non-hydrogen) atoms. The zero-order chi connectivity index (χ0) is 29.0. The molecule has 1 saturated heterocycles. The zero-order valence-corrected chi connectivity index (χ0v) is 24.9. The van der Waals surface area contributed by atoms with Gasteiger partial charge in [0.1, 0.15) is 23.7 Å². The molecule has 2 aliphatic heterocycles. The van der Waals surface area contributed by atoms with Crippen LogP contribution in [-0.4, -0.2) is 68.0 Å². The van der Waals surface area contributed by atoms with Crippen LogP contribution in [0.5, 0.6) is 0 Å². The van der Waals surface area contributed by atoms with E-state index in [0.717, 1.165) is 16.2 Å². The van der Waals surface area contributed by atoms with Crippen molar-refractivity contribution in [2.24, 2.45) is 5.16 Å². The number of thioether (sulfide) groups is 1. The number of carboxylic acid groups (broad SMARTS) is 1. The van der Waals surface area contributed by atoms with Gasteiger partial charge in [-0.25, -0.2) is 9.78 Å². The first kappa shape index (κ1) is 31.8. The second-order valence-corrected chi connectivity index (χ2v) is 10.1. The van der Waals surface area contributed by atoms with Gasteiger partial charge in [-0.15, -0.1) is 23.1 Å². The molecule has 1 aromatic carbocycles. The number of hydrogen-bond acceptors (Lipinski definition) is 14. The van der Waals surface area contributed by atoms with Crippen molar-refractivity contribution in [2.75, 3.05) is 18.1 Å². The SMILES string of the molecule is C=CC1=C(C(=O)[O-])N2C(=O)C(NC(=O)C(=NOCC(=O)OCc3ccc([N+](=O)[O-])cc3)c3csc(N)n3)[C@@H]2SC1.[Na+]. The molecule has 18 heteroatoms. The number of thiazole rings is 1. The topological polar surface area (TPSA) is 219 Å². The van der Waals surface area contributed by atoms with Gasteiger partial charge in [0.15, 0.2) is 10.8 Å². The van der Waals surface area contributed by atoms with E-state index >= 15 is 0 Å². The molecule has 0 bridgehead atoms. The number of carboxylic acids is 1. The third kappa shape index (κ3) is 7.12. The monoisotopic (exact) mass is 610 g/mol. The number of nitro groups is 1. The quantitative estimate of drug-likeness (QED) is 0.0638. The molecule has 1 fully saturated rings. The van der Waals surface area contributed by atoms with E-state index in [1.54, 1.807) is 0 Å². The number of nitrogens with two attached hydrogens (primary N) is 1. The smallest absolute Gasteiger partial charge is 0.543 e. The number of β-lactam (4-membered cyclic amide) rings is 1. The van der Waals surface area contributed by atoms with E-state index in [9.17, 15) is 34.4 Å². The Balaban J connectivity index is 0.00000462. The number of allylic oxidation sites excluding steroid dienone is 1. The summed E-state index contributed by atoms with van der Waals surface area (Å²) in [6.07, 6.45) is 1.33. The number of anilines is 1. The Morgan fingerprint density at radius 3 is 2.61 bits per heavy atom. The third-order valence-corrected chi connectivity index (χ3v) is 7.57. The number of nitrogen functional groups attached to an aromatic ring is 1.